The van der Waals surface area contributed by atoms with Gasteiger partial charge in [0.1, 0.15) is 0 Å². The van der Waals surface area contributed by atoms with E-state index in [0.717, 1.165) is 30.8 Å². The zero-order chi connectivity index (χ0) is 12.1. The van der Waals surface area contributed by atoms with Crippen molar-refractivity contribution in [2.45, 2.75) is 12.5 Å². The van der Waals surface area contributed by atoms with E-state index in [1.165, 1.54) is 0 Å². The number of rotatable bonds is 5. The van der Waals surface area contributed by atoms with Gasteiger partial charge in [0, 0.05) is 24.3 Å². The van der Waals surface area contributed by atoms with Crippen molar-refractivity contribution in [1.82, 2.24) is 0 Å². The Bertz CT molecular complexity index is 356. The Morgan fingerprint density at radius 1 is 1.29 bits per heavy atom. The zero-order valence-corrected chi connectivity index (χ0v) is 9.88. The quantitative estimate of drug-likeness (QED) is 0.748. The fourth-order valence-corrected chi connectivity index (χ4v) is 2.18. The molecule has 0 bridgehead atoms. The van der Waals surface area contributed by atoms with Crippen LogP contribution in [0.5, 0.6) is 0 Å². The highest BCUT2D eigenvalue weighted by molar-refractivity contribution is 5.56. The van der Waals surface area contributed by atoms with E-state index in [4.69, 9.17) is 9.84 Å². The second-order valence-corrected chi connectivity index (χ2v) is 4.19. The monoisotopic (exact) mass is 237 g/mol. The molecule has 1 aromatic carbocycles. The van der Waals surface area contributed by atoms with Gasteiger partial charge in [-0.2, -0.15) is 0 Å². The maximum absolute atomic E-state index is 9.90. The van der Waals surface area contributed by atoms with Crippen molar-refractivity contribution >= 4 is 5.69 Å². The number of aliphatic hydroxyl groups excluding tert-OH is 2. The second kappa shape index (κ2) is 6.00. The van der Waals surface area contributed by atoms with E-state index >= 15 is 0 Å². The van der Waals surface area contributed by atoms with Crippen molar-refractivity contribution in [1.29, 1.82) is 0 Å². The first kappa shape index (κ1) is 12.4. The third-order valence-electron chi connectivity index (χ3n) is 3.05. The van der Waals surface area contributed by atoms with E-state index in [1.54, 1.807) is 0 Å². The maximum atomic E-state index is 9.90. The van der Waals surface area contributed by atoms with Crippen LogP contribution in [-0.2, 0) is 4.74 Å². The number of hydrogen-bond donors (Lipinski definition) is 2. The molecule has 4 heteroatoms. The van der Waals surface area contributed by atoms with E-state index in [1.807, 2.05) is 24.3 Å². The zero-order valence-electron chi connectivity index (χ0n) is 9.88. The summed E-state index contributed by atoms with van der Waals surface area (Å²) in [5.41, 5.74) is 2.10. The minimum atomic E-state index is -0.346. The number of fused-ring (bicyclic) bond motifs is 1. The maximum Gasteiger partial charge on any atom is 0.0826 e. The van der Waals surface area contributed by atoms with Crippen LogP contribution in [0.15, 0.2) is 24.3 Å². The van der Waals surface area contributed by atoms with E-state index < -0.39 is 0 Å². The minimum absolute atomic E-state index is 0.0648. The van der Waals surface area contributed by atoms with Gasteiger partial charge in [-0.25, -0.2) is 0 Å². The van der Waals surface area contributed by atoms with E-state index in [9.17, 15) is 5.11 Å². The van der Waals surface area contributed by atoms with Crippen LogP contribution in [0.1, 0.15) is 18.1 Å². The summed E-state index contributed by atoms with van der Waals surface area (Å²) >= 11 is 0. The van der Waals surface area contributed by atoms with E-state index in [0.29, 0.717) is 13.2 Å². The van der Waals surface area contributed by atoms with Gasteiger partial charge in [-0.05, 0) is 12.5 Å². The lowest BCUT2D eigenvalue weighted by Crippen LogP contribution is -2.34. The first-order valence-electron chi connectivity index (χ1n) is 6.03. The molecule has 1 aliphatic heterocycles. The summed E-state index contributed by atoms with van der Waals surface area (Å²) < 4.78 is 5.27. The van der Waals surface area contributed by atoms with Gasteiger partial charge in [-0.3, -0.25) is 0 Å². The number of para-hydroxylation sites is 1. The topological polar surface area (TPSA) is 52.9 Å². The average Bonchev–Trinajstić information content (AvgIpc) is 2.37. The SMILES string of the molecule is OCCOCCN1CCC(O)c2ccccc21. The predicted molar refractivity (Wildman–Crippen MR) is 66.1 cm³/mol. The van der Waals surface area contributed by atoms with E-state index in [2.05, 4.69) is 4.90 Å². The van der Waals surface area contributed by atoms with Gasteiger partial charge < -0.3 is 19.8 Å². The van der Waals surface area contributed by atoms with Crippen molar-refractivity contribution in [3.8, 4) is 0 Å². The molecule has 0 spiro atoms. The fraction of sp³-hybridized carbons (Fsp3) is 0.538. The minimum Gasteiger partial charge on any atom is -0.394 e. The van der Waals surface area contributed by atoms with E-state index in [-0.39, 0.29) is 12.7 Å². The lowest BCUT2D eigenvalue weighted by atomic mass is 9.99. The second-order valence-electron chi connectivity index (χ2n) is 4.19. The Morgan fingerprint density at radius 2 is 2.12 bits per heavy atom. The van der Waals surface area contributed by atoms with Crippen LogP contribution in [0.3, 0.4) is 0 Å². The van der Waals surface area contributed by atoms with Gasteiger partial charge in [-0.1, -0.05) is 18.2 Å². The standard InChI is InChI=1S/C13H19NO3/c15-8-10-17-9-7-14-6-5-13(16)11-3-1-2-4-12(11)14/h1-4,13,15-16H,5-10H2. The number of benzene rings is 1. The van der Waals surface area contributed by atoms with Gasteiger partial charge in [0.15, 0.2) is 0 Å². The Labute approximate surface area is 101 Å². The Kier molecular flexibility index (Phi) is 4.36. The molecule has 0 saturated heterocycles. The molecule has 1 heterocycles. The Balaban J connectivity index is 1.98. The van der Waals surface area contributed by atoms with Gasteiger partial charge in [0.25, 0.3) is 0 Å². The molecule has 1 aromatic rings. The van der Waals surface area contributed by atoms with Crippen LogP contribution in [-0.4, -0.2) is 43.1 Å². The molecule has 0 saturated carbocycles. The molecule has 0 aliphatic carbocycles. The lowest BCUT2D eigenvalue weighted by molar-refractivity contribution is 0.0953. The van der Waals surface area contributed by atoms with Crippen molar-refractivity contribution in [2.75, 3.05) is 37.8 Å². The molecule has 0 aromatic heterocycles. The molecule has 1 aliphatic rings. The first-order chi connectivity index (χ1) is 8.33. The average molecular weight is 237 g/mol. The van der Waals surface area contributed by atoms with Crippen LogP contribution in [0, 0.1) is 0 Å². The molecular weight excluding hydrogens is 218 g/mol. The van der Waals surface area contributed by atoms with Crippen molar-refractivity contribution in [3.63, 3.8) is 0 Å². The van der Waals surface area contributed by atoms with Gasteiger partial charge in [0.05, 0.1) is 25.9 Å². The molecule has 0 radical (unpaired) electrons. The van der Waals surface area contributed by atoms with Crippen molar-refractivity contribution in [2.24, 2.45) is 0 Å². The molecule has 0 amide bonds. The predicted octanol–water partition coefficient (Wildman–Crippen LogP) is 0.939. The third-order valence-corrected chi connectivity index (χ3v) is 3.05. The summed E-state index contributed by atoms with van der Waals surface area (Å²) in [6.07, 6.45) is 0.414. The first-order valence-corrected chi connectivity index (χ1v) is 6.03. The summed E-state index contributed by atoms with van der Waals surface area (Å²) in [5, 5.41) is 18.5. The van der Waals surface area contributed by atoms with Gasteiger partial charge in [-0.15, -0.1) is 0 Å². The van der Waals surface area contributed by atoms with Crippen molar-refractivity contribution < 1.29 is 14.9 Å². The summed E-state index contributed by atoms with van der Waals surface area (Å²) in [5.74, 6) is 0. The van der Waals surface area contributed by atoms with Crippen LogP contribution < -0.4 is 4.90 Å². The molecule has 17 heavy (non-hydrogen) atoms. The van der Waals surface area contributed by atoms with Crippen LogP contribution >= 0.6 is 0 Å². The van der Waals surface area contributed by atoms with Crippen molar-refractivity contribution in [3.05, 3.63) is 29.8 Å². The number of nitrogens with zero attached hydrogens (tertiary/aromatic N) is 1. The highest BCUT2D eigenvalue weighted by atomic mass is 16.5. The molecule has 4 nitrogen and oxygen atoms in total. The molecular formula is C13H19NO3. The van der Waals surface area contributed by atoms with Gasteiger partial charge >= 0.3 is 0 Å². The fourth-order valence-electron chi connectivity index (χ4n) is 2.18. The molecule has 0 fully saturated rings. The summed E-state index contributed by atoms with van der Waals surface area (Å²) in [7, 11) is 0. The molecule has 1 unspecified atom stereocenters. The number of hydrogen-bond acceptors (Lipinski definition) is 4. The number of ether oxygens (including phenoxy) is 1. The Hall–Kier alpha value is -1.10. The highest BCUT2D eigenvalue weighted by Crippen LogP contribution is 2.32. The largest absolute Gasteiger partial charge is 0.394 e. The number of anilines is 1. The molecule has 2 rings (SSSR count). The van der Waals surface area contributed by atoms with Gasteiger partial charge in [0.2, 0.25) is 0 Å². The molecule has 94 valence electrons. The van der Waals surface area contributed by atoms with Crippen LogP contribution in [0.4, 0.5) is 5.69 Å². The summed E-state index contributed by atoms with van der Waals surface area (Å²) in [6.45, 7) is 2.70. The lowest BCUT2D eigenvalue weighted by Gasteiger charge is -2.33. The third kappa shape index (κ3) is 2.97. The van der Waals surface area contributed by atoms with Crippen LogP contribution in [0.25, 0.3) is 0 Å². The summed E-state index contributed by atoms with van der Waals surface area (Å²) in [6, 6.07) is 7.94. The molecule has 2 N–H and O–H groups in total. The summed E-state index contributed by atoms with van der Waals surface area (Å²) in [4.78, 5) is 2.22. The Morgan fingerprint density at radius 3 is 2.94 bits per heavy atom. The smallest absolute Gasteiger partial charge is 0.0826 e. The van der Waals surface area contributed by atoms with Crippen LogP contribution in [0.2, 0.25) is 0 Å². The molecule has 1 atom stereocenters. The number of aliphatic hydroxyl groups is 2. The highest BCUT2D eigenvalue weighted by Gasteiger charge is 2.22. The normalized spacial score (nSPS) is 19.2.